The van der Waals surface area contributed by atoms with E-state index in [-0.39, 0.29) is 5.78 Å². The number of methoxy groups -OCH3 is 2. The van der Waals surface area contributed by atoms with Crippen LogP contribution in [0.5, 0.6) is 11.5 Å². The van der Waals surface area contributed by atoms with E-state index in [9.17, 15) is 4.79 Å². The molecular formula is C15H23NO3. The summed E-state index contributed by atoms with van der Waals surface area (Å²) in [7, 11) is 3.15. The van der Waals surface area contributed by atoms with Crippen LogP contribution < -0.4 is 14.8 Å². The van der Waals surface area contributed by atoms with E-state index >= 15 is 0 Å². The van der Waals surface area contributed by atoms with Gasteiger partial charge in [0, 0.05) is 12.5 Å². The van der Waals surface area contributed by atoms with Crippen LogP contribution in [0.15, 0.2) is 18.2 Å². The van der Waals surface area contributed by atoms with E-state index in [1.54, 1.807) is 32.4 Å². The molecule has 0 saturated heterocycles. The molecule has 0 amide bonds. The van der Waals surface area contributed by atoms with Crippen LogP contribution >= 0.6 is 0 Å². The molecule has 0 fully saturated rings. The van der Waals surface area contributed by atoms with E-state index < -0.39 is 0 Å². The van der Waals surface area contributed by atoms with Crippen LogP contribution in [-0.4, -0.2) is 32.6 Å². The molecule has 0 aromatic heterocycles. The third kappa shape index (κ3) is 4.91. The molecule has 1 rings (SSSR count). The number of nitrogens with one attached hydrogen (secondary N) is 1. The summed E-state index contributed by atoms with van der Waals surface area (Å²) in [6.45, 7) is 5.02. The standard InChI is InChI=1S/C15H23NO3/c1-11(2)16-9-5-6-14(17)13-10-12(18-3)7-8-15(13)19-4/h7-8,10-11,16H,5-6,9H2,1-4H3. The molecule has 0 radical (unpaired) electrons. The topological polar surface area (TPSA) is 47.6 Å². The van der Waals surface area contributed by atoms with Gasteiger partial charge in [-0.3, -0.25) is 4.79 Å². The Labute approximate surface area is 115 Å². The molecular weight excluding hydrogens is 242 g/mol. The zero-order valence-electron chi connectivity index (χ0n) is 12.2. The van der Waals surface area contributed by atoms with Gasteiger partial charge in [-0.2, -0.15) is 0 Å². The predicted octanol–water partition coefficient (Wildman–Crippen LogP) is 2.66. The van der Waals surface area contributed by atoms with Crippen molar-refractivity contribution < 1.29 is 14.3 Å². The maximum atomic E-state index is 12.2. The van der Waals surface area contributed by atoms with Crippen molar-refractivity contribution in [3.63, 3.8) is 0 Å². The molecule has 4 nitrogen and oxygen atoms in total. The van der Waals surface area contributed by atoms with E-state index in [1.807, 2.05) is 0 Å². The fourth-order valence-corrected chi connectivity index (χ4v) is 1.81. The van der Waals surface area contributed by atoms with Gasteiger partial charge in [-0.15, -0.1) is 0 Å². The second-order valence-electron chi connectivity index (χ2n) is 4.70. The van der Waals surface area contributed by atoms with Crippen molar-refractivity contribution >= 4 is 5.78 Å². The maximum absolute atomic E-state index is 12.2. The van der Waals surface area contributed by atoms with Crippen molar-refractivity contribution in [3.8, 4) is 11.5 Å². The number of Topliss-reactive ketones (excluding diaryl/α,β-unsaturated/α-hetero) is 1. The van der Waals surface area contributed by atoms with Crippen LogP contribution in [-0.2, 0) is 0 Å². The zero-order valence-corrected chi connectivity index (χ0v) is 12.2. The summed E-state index contributed by atoms with van der Waals surface area (Å²) < 4.78 is 10.4. The van der Waals surface area contributed by atoms with Gasteiger partial charge in [-0.25, -0.2) is 0 Å². The third-order valence-electron chi connectivity index (χ3n) is 2.84. The Bertz CT molecular complexity index is 416. The second-order valence-corrected chi connectivity index (χ2v) is 4.70. The minimum Gasteiger partial charge on any atom is -0.497 e. The first-order valence-corrected chi connectivity index (χ1v) is 6.57. The summed E-state index contributed by atoms with van der Waals surface area (Å²) in [4.78, 5) is 12.2. The number of ether oxygens (including phenoxy) is 2. The van der Waals surface area contributed by atoms with E-state index in [2.05, 4.69) is 19.2 Å². The van der Waals surface area contributed by atoms with Crippen molar-refractivity contribution in [3.05, 3.63) is 23.8 Å². The highest BCUT2D eigenvalue weighted by Crippen LogP contribution is 2.25. The average molecular weight is 265 g/mol. The van der Waals surface area contributed by atoms with Crippen LogP contribution in [0.4, 0.5) is 0 Å². The lowest BCUT2D eigenvalue weighted by Crippen LogP contribution is -2.24. The number of benzene rings is 1. The number of hydrogen-bond acceptors (Lipinski definition) is 4. The van der Waals surface area contributed by atoms with Gasteiger partial charge in [0.15, 0.2) is 5.78 Å². The molecule has 0 aliphatic heterocycles. The molecule has 1 aromatic rings. The van der Waals surface area contributed by atoms with E-state index in [4.69, 9.17) is 9.47 Å². The van der Waals surface area contributed by atoms with Gasteiger partial charge in [-0.1, -0.05) is 13.8 Å². The molecule has 0 aliphatic carbocycles. The minimum absolute atomic E-state index is 0.0845. The second kappa shape index (κ2) is 7.79. The van der Waals surface area contributed by atoms with Crippen molar-refractivity contribution in [1.29, 1.82) is 0 Å². The molecule has 0 aliphatic rings. The Morgan fingerprint density at radius 2 is 2.00 bits per heavy atom. The van der Waals surface area contributed by atoms with Gasteiger partial charge in [0.2, 0.25) is 0 Å². The number of carbonyl (C=O) groups is 1. The molecule has 0 unspecified atom stereocenters. The quantitative estimate of drug-likeness (QED) is 0.580. The van der Waals surface area contributed by atoms with Gasteiger partial charge < -0.3 is 14.8 Å². The summed E-state index contributed by atoms with van der Waals surface area (Å²) in [6, 6.07) is 5.73. The summed E-state index contributed by atoms with van der Waals surface area (Å²) >= 11 is 0. The maximum Gasteiger partial charge on any atom is 0.166 e. The van der Waals surface area contributed by atoms with E-state index in [0.717, 1.165) is 13.0 Å². The average Bonchev–Trinajstić information content (AvgIpc) is 2.42. The first-order valence-electron chi connectivity index (χ1n) is 6.57. The van der Waals surface area contributed by atoms with Crippen LogP contribution in [0.2, 0.25) is 0 Å². The predicted molar refractivity (Wildman–Crippen MR) is 76.2 cm³/mol. The molecule has 0 atom stereocenters. The molecule has 0 bridgehead atoms. The van der Waals surface area contributed by atoms with Gasteiger partial charge in [0.05, 0.1) is 19.8 Å². The molecule has 0 saturated carbocycles. The van der Waals surface area contributed by atoms with E-state index in [0.29, 0.717) is 29.5 Å². The van der Waals surface area contributed by atoms with Crippen LogP contribution in [0.25, 0.3) is 0 Å². The molecule has 4 heteroatoms. The number of rotatable bonds is 8. The lowest BCUT2D eigenvalue weighted by molar-refractivity contribution is 0.0976. The molecule has 0 heterocycles. The highest BCUT2D eigenvalue weighted by atomic mass is 16.5. The minimum atomic E-state index is 0.0845. The van der Waals surface area contributed by atoms with Crippen LogP contribution in [0.1, 0.15) is 37.0 Å². The van der Waals surface area contributed by atoms with Gasteiger partial charge in [-0.05, 0) is 31.2 Å². The number of carbonyl (C=O) groups excluding carboxylic acids is 1. The highest BCUT2D eigenvalue weighted by molar-refractivity contribution is 5.99. The van der Waals surface area contributed by atoms with Crippen molar-refractivity contribution in [2.24, 2.45) is 0 Å². The Kier molecular flexibility index (Phi) is 6.36. The lowest BCUT2D eigenvalue weighted by Gasteiger charge is -2.10. The first kappa shape index (κ1) is 15.5. The molecule has 19 heavy (non-hydrogen) atoms. The molecule has 1 N–H and O–H groups in total. The monoisotopic (exact) mass is 265 g/mol. The molecule has 1 aromatic carbocycles. The normalized spacial score (nSPS) is 10.6. The fraction of sp³-hybridized carbons (Fsp3) is 0.533. The van der Waals surface area contributed by atoms with Gasteiger partial charge in [0.25, 0.3) is 0 Å². The summed E-state index contributed by atoms with van der Waals surface area (Å²) in [6.07, 6.45) is 1.32. The Morgan fingerprint density at radius 1 is 1.26 bits per heavy atom. The fourth-order valence-electron chi connectivity index (χ4n) is 1.81. The number of hydrogen-bond donors (Lipinski definition) is 1. The first-order chi connectivity index (χ1) is 9.08. The van der Waals surface area contributed by atoms with Gasteiger partial charge >= 0.3 is 0 Å². The van der Waals surface area contributed by atoms with Crippen LogP contribution in [0, 0.1) is 0 Å². The Morgan fingerprint density at radius 3 is 2.58 bits per heavy atom. The van der Waals surface area contributed by atoms with Crippen LogP contribution in [0.3, 0.4) is 0 Å². The van der Waals surface area contributed by atoms with Crippen molar-refractivity contribution in [2.75, 3.05) is 20.8 Å². The van der Waals surface area contributed by atoms with Crippen molar-refractivity contribution in [1.82, 2.24) is 5.32 Å². The lowest BCUT2D eigenvalue weighted by atomic mass is 10.0. The SMILES string of the molecule is COc1ccc(OC)c(C(=O)CCCNC(C)C)c1. The zero-order chi connectivity index (χ0) is 14.3. The summed E-state index contributed by atoms with van der Waals surface area (Å²) in [5.74, 6) is 1.35. The van der Waals surface area contributed by atoms with Gasteiger partial charge in [0.1, 0.15) is 11.5 Å². The van der Waals surface area contributed by atoms with E-state index in [1.165, 1.54) is 0 Å². The Balaban J connectivity index is 2.64. The molecule has 106 valence electrons. The summed E-state index contributed by atoms with van der Waals surface area (Å²) in [5, 5.41) is 3.30. The Hall–Kier alpha value is -1.55. The summed E-state index contributed by atoms with van der Waals surface area (Å²) in [5.41, 5.74) is 0.589. The third-order valence-corrected chi connectivity index (χ3v) is 2.84. The van der Waals surface area contributed by atoms with Crippen molar-refractivity contribution in [2.45, 2.75) is 32.7 Å². The number of ketones is 1. The highest BCUT2D eigenvalue weighted by Gasteiger charge is 2.13. The molecule has 0 spiro atoms. The smallest absolute Gasteiger partial charge is 0.166 e. The largest absolute Gasteiger partial charge is 0.497 e.